The van der Waals surface area contributed by atoms with Gasteiger partial charge in [0.1, 0.15) is 6.54 Å². The first-order chi connectivity index (χ1) is 8.56. The van der Waals surface area contributed by atoms with E-state index in [0.29, 0.717) is 12.8 Å². The molecule has 0 aliphatic rings. The SMILES string of the molecule is CCC(CC)(CO)NC(=O)Cn1cccnc1=O. The Labute approximate surface area is 106 Å². The van der Waals surface area contributed by atoms with Crippen LogP contribution in [-0.2, 0) is 11.3 Å². The number of aliphatic hydroxyl groups is 1. The number of carbonyl (C=O) groups is 1. The molecule has 0 atom stereocenters. The quantitative estimate of drug-likeness (QED) is 0.742. The zero-order valence-electron chi connectivity index (χ0n) is 10.7. The monoisotopic (exact) mass is 253 g/mol. The molecule has 0 bridgehead atoms. The van der Waals surface area contributed by atoms with Gasteiger partial charge in [0.2, 0.25) is 5.91 Å². The number of hydrogen-bond acceptors (Lipinski definition) is 4. The number of rotatable bonds is 6. The Balaban J connectivity index is 2.73. The molecule has 6 heteroatoms. The van der Waals surface area contributed by atoms with Crippen molar-refractivity contribution in [2.24, 2.45) is 0 Å². The minimum absolute atomic E-state index is 0.0889. The van der Waals surface area contributed by atoms with Gasteiger partial charge in [-0.2, -0.15) is 0 Å². The molecule has 0 radical (unpaired) electrons. The summed E-state index contributed by atoms with van der Waals surface area (Å²) in [5.74, 6) is -0.303. The van der Waals surface area contributed by atoms with Crippen molar-refractivity contribution in [3.63, 3.8) is 0 Å². The summed E-state index contributed by atoms with van der Waals surface area (Å²) in [5.41, 5.74) is -1.07. The van der Waals surface area contributed by atoms with Crippen LogP contribution in [0.1, 0.15) is 26.7 Å². The van der Waals surface area contributed by atoms with E-state index in [4.69, 9.17) is 0 Å². The van der Waals surface area contributed by atoms with Gasteiger partial charge >= 0.3 is 5.69 Å². The maximum Gasteiger partial charge on any atom is 0.347 e. The standard InChI is InChI=1S/C12H19N3O3/c1-3-12(4-2,9-16)14-10(17)8-15-7-5-6-13-11(15)18/h5-7,16H,3-4,8-9H2,1-2H3,(H,14,17). The fourth-order valence-corrected chi connectivity index (χ4v) is 1.69. The van der Waals surface area contributed by atoms with E-state index in [9.17, 15) is 14.7 Å². The Bertz CT molecular complexity index is 444. The molecule has 0 spiro atoms. The molecule has 100 valence electrons. The zero-order chi connectivity index (χ0) is 13.6. The predicted molar refractivity (Wildman–Crippen MR) is 67.0 cm³/mol. The highest BCUT2D eigenvalue weighted by Crippen LogP contribution is 2.13. The highest BCUT2D eigenvalue weighted by molar-refractivity contribution is 5.76. The van der Waals surface area contributed by atoms with Gasteiger partial charge in [-0.15, -0.1) is 0 Å². The lowest BCUT2D eigenvalue weighted by Gasteiger charge is -2.30. The third-order valence-electron chi connectivity index (χ3n) is 3.16. The molecule has 18 heavy (non-hydrogen) atoms. The van der Waals surface area contributed by atoms with E-state index in [1.807, 2.05) is 13.8 Å². The number of aliphatic hydroxyl groups excluding tert-OH is 1. The normalized spacial score (nSPS) is 11.3. The van der Waals surface area contributed by atoms with Crippen LogP contribution < -0.4 is 11.0 Å². The molecule has 2 N–H and O–H groups in total. The molecule has 1 rings (SSSR count). The number of nitrogens with one attached hydrogen (secondary N) is 1. The Morgan fingerprint density at radius 1 is 1.50 bits per heavy atom. The summed E-state index contributed by atoms with van der Waals surface area (Å²) in [6.45, 7) is 3.59. The molecule has 1 heterocycles. The number of carbonyl (C=O) groups excluding carboxylic acids is 1. The molecule has 0 unspecified atom stereocenters. The van der Waals surface area contributed by atoms with Crippen molar-refractivity contribution < 1.29 is 9.90 Å². The van der Waals surface area contributed by atoms with Gasteiger partial charge in [-0.05, 0) is 18.9 Å². The summed E-state index contributed by atoms with van der Waals surface area (Å²) in [6, 6.07) is 1.59. The van der Waals surface area contributed by atoms with E-state index in [1.54, 1.807) is 6.07 Å². The third-order valence-corrected chi connectivity index (χ3v) is 3.16. The van der Waals surface area contributed by atoms with E-state index >= 15 is 0 Å². The highest BCUT2D eigenvalue weighted by atomic mass is 16.3. The summed E-state index contributed by atoms with van der Waals surface area (Å²) in [7, 11) is 0. The largest absolute Gasteiger partial charge is 0.394 e. The van der Waals surface area contributed by atoms with Crippen molar-refractivity contribution in [3.8, 4) is 0 Å². The van der Waals surface area contributed by atoms with Crippen molar-refractivity contribution in [2.45, 2.75) is 38.8 Å². The zero-order valence-corrected chi connectivity index (χ0v) is 10.7. The van der Waals surface area contributed by atoms with Crippen molar-refractivity contribution in [3.05, 3.63) is 28.9 Å². The molecular weight excluding hydrogens is 234 g/mol. The topological polar surface area (TPSA) is 84.2 Å². The van der Waals surface area contributed by atoms with Gasteiger partial charge in [0, 0.05) is 12.4 Å². The van der Waals surface area contributed by atoms with Gasteiger partial charge in [-0.1, -0.05) is 13.8 Å². The van der Waals surface area contributed by atoms with Gasteiger partial charge in [0.25, 0.3) is 0 Å². The van der Waals surface area contributed by atoms with Crippen LogP contribution in [0.25, 0.3) is 0 Å². The van der Waals surface area contributed by atoms with Crippen LogP contribution in [-0.4, -0.2) is 32.7 Å². The summed E-state index contributed by atoms with van der Waals surface area (Å²) in [4.78, 5) is 26.8. The lowest BCUT2D eigenvalue weighted by Crippen LogP contribution is -2.51. The average molecular weight is 253 g/mol. The molecule has 6 nitrogen and oxygen atoms in total. The molecule has 0 saturated heterocycles. The van der Waals surface area contributed by atoms with Gasteiger partial charge in [0.15, 0.2) is 0 Å². The van der Waals surface area contributed by atoms with Crippen molar-refractivity contribution >= 4 is 5.91 Å². The minimum Gasteiger partial charge on any atom is -0.394 e. The highest BCUT2D eigenvalue weighted by Gasteiger charge is 2.27. The Morgan fingerprint density at radius 3 is 2.67 bits per heavy atom. The number of amides is 1. The molecule has 0 saturated carbocycles. The second-order valence-corrected chi connectivity index (χ2v) is 4.22. The number of hydrogen-bond donors (Lipinski definition) is 2. The summed E-state index contributed by atoms with van der Waals surface area (Å²) in [5, 5.41) is 12.1. The molecule has 1 amide bonds. The first kappa shape index (κ1) is 14.4. The van der Waals surface area contributed by atoms with Crippen LogP contribution in [0, 0.1) is 0 Å². The summed E-state index contributed by atoms with van der Waals surface area (Å²) in [6.07, 6.45) is 4.15. The van der Waals surface area contributed by atoms with Crippen LogP contribution >= 0.6 is 0 Å². The third kappa shape index (κ3) is 3.40. The van der Waals surface area contributed by atoms with E-state index in [2.05, 4.69) is 10.3 Å². The molecule has 0 aliphatic carbocycles. The molecule has 0 aromatic carbocycles. The van der Waals surface area contributed by atoms with Crippen LogP contribution in [0.4, 0.5) is 0 Å². The smallest absolute Gasteiger partial charge is 0.347 e. The molecular formula is C12H19N3O3. The van der Waals surface area contributed by atoms with Gasteiger partial charge in [-0.25, -0.2) is 9.78 Å². The lowest BCUT2D eigenvalue weighted by molar-refractivity contribution is -0.124. The van der Waals surface area contributed by atoms with Crippen LogP contribution in [0.5, 0.6) is 0 Å². The Kier molecular flexibility index (Phi) is 5.03. The second-order valence-electron chi connectivity index (χ2n) is 4.22. The van der Waals surface area contributed by atoms with E-state index in [-0.39, 0.29) is 19.1 Å². The minimum atomic E-state index is -0.608. The van der Waals surface area contributed by atoms with Crippen molar-refractivity contribution in [1.29, 1.82) is 0 Å². The molecule has 0 fully saturated rings. The van der Waals surface area contributed by atoms with Crippen LogP contribution in [0.3, 0.4) is 0 Å². The fourth-order valence-electron chi connectivity index (χ4n) is 1.69. The van der Waals surface area contributed by atoms with Gasteiger partial charge < -0.3 is 10.4 Å². The fraction of sp³-hybridized carbons (Fsp3) is 0.583. The maximum atomic E-state index is 11.8. The van der Waals surface area contributed by atoms with Crippen LogP contribution in [0.2, 0.25) is 0 Å². The van der Waals surface area contributed by atoms with Crippen molar-refractivity contribution in [1.82, 2.24) is 14.9 Å². The predicted octanol–water partition coefficient (Wildman–Crippen LogP) is -0.0894. The van der Waals surface area contributed by atoms with Crippen LogP contribution in [0.15, 0.2) is 23.3 Å². The Morgan fingerprint density at radius 2 is 2.17 bits per heavy atom. The number of nitrogens with zero attached hydrogens (tertiary/aromatic N) is 2. The second kappa shape index (κ2) is 6.30. The van der Waals surface area contributed by atoms with Gasteiger partial charge in [-0.3, -0.25) is 9.36 Å². The van der Waals surface area contributed by atoms with Crippen molar-refractivity contribution in [2.75, 3.05) is 6.61 Å². The molecule has 1 aromatic heterocycles. The summed E-state index contributed by atoms with van der Waals surface area (Å²) >= 11 is 0. The lowest BCUT2D eigenvalue weighted by atomic mass is 9.94. The average Bonchev–Trinajstić information content (AvgIpc) is 2.39. The first-order valence-electron chi connectivity index (χ1n) is 6.00. The maximum absolute atomic E-state index is 11.8. The van der Waals surface area contributed by atoms with E-state index in [1.165, 1.54) is 17.0 Å². The number of aromatic nitrogens is 2. The molecule has 1 aromatic rings. The Hall–Kier alpha value is -1.69. The van der Waals surface area contributed by atoms with E-state index < -0.39 is 11.2 Å². The molecule has 0 aliphatic heterocycles. The summed E-state index contributed by atoms with van der Waals surface area (Å²) < 4.78 is 1.22. The van der Waals surface area contributed by atoms with Gasteiger partial charge in [0.05, 0.1) is 12.1 Å². The first-order valence-corrected chi connectivity index (χ1v) is 6.00. The van der Waals surface area contributed by atoms with E-state index in [0.717, 1.165) is 0 Å².